The molecule has 10 rings (SSSR count). The number of carbonyl (C=O) groups excluding carboxylic acids is 1. The lowest BCUT2D eigenvalue weighted by Crippen LogP contribution is -2.06. The summed E-state index contributed by atoms with van der Waals surface area (Å²) in [7, 11) is 0. The molecule has 2 heterocycles. The summed E-state index contributed by atoms with van der Waals surface area (Å²) >= 11 is 0. The predicted molar refractivity (Wildman–Crippen MR) is 247 cm³/mol. The van der Waals surface area contributed by atoms with Crippen LogP contribution in [0.1, 0.15) is 15.9 Å². The van der Waals surface area contributed by atoms with Crippen LogP contribution >= 0.6 is 0 Å². The average molecular weight is 797 g/mol. The van der Waals surface area contributed by atoms with Crippen molar-refractivity contribution in [1.82, 2.24) is 29.9 Å². The zero-order valence-electron chi connectivity index (χ0n) is 33.4. The molecule has 0 saturated carbocycles. The van der Waals surface area contributed by atoms with Crippen molar-refractivity contribution in [3.63, 3.8) is 0 Å². The Kier molecular flexibility index (Phi) is 10.3. The Labute approximate surface area is 359 Å². The van der Waals surface area contributed by atoms with E-state index >= 15 is 0 Å². The molecule has 0 aliphatic heterocycles. The van der Waals surface area contributed by atoms with Crippen LogP contribution in [0.5, 0.6) is 0 Å². The van der Waals surface area contributed by atoms with E-state index in [9.17, 15) is 4.79 Å². The third kappa shape index (κ3) is 7.81. The second-order valence-electron chi connectivity index (χ2n) is 14.7. The van der Waals surface area contributed by atoms with Gasteiger partial charge >= 0.3 is 0 Å². The van der Waals surface area contributed by atoms with Gasteiger partial charge in [0, 0.05) is 44.5 Å². The summed E-state index contributed by atoms with van der Waals surface area (Å²) in [5.41, 5.74) is 9.70. The van der Waals surface area contributed by atoms with Crippen LogP contribution in [0.15, 0.2) is 218 Å². The summed E-state index contributed by atoms with van der Waals surface area (Å²) in [6, 6.07) is 71.2. The Morgan fingerprint density at radius 2 is 0.484 bits per heavy atom. The monoisotopic (exact) mass is 796 g/mol. The molecule has 0 aliphatic carbocycles. The molecule has 0 aliphatic rings. The van der Waals surface area contributed by atoms with Crippen molar-refractivity contribution in [2.75, 3.05) is 0 Å². The fourth-order valence-corrected chi connectivity index (χ4v) is 7.54. The van der Waals surface area contributed by atoms with E-state index in [4.69, 9.17) is 29.9 Å². The van der Waals surface area contributed by atoms with Crippen LogP contribution in [0.25, 0.3) is 90.6 Å². The fraction of sp³-hybridized carbons (Fsp3) is 0. The molecule has 8 aromatic carbocycles. The highest BCUT2D eigenvalue weighted by molar-refractivity contribution is 6.16. The molecule has 7 nitrogen and oxygen atoms in total. The zero-order chi connectivity index (χ0) is 41.7. The van der Waals surface area contributed by atoms with Gasteiger partial charge in [0.15, 0.2) is 40.7 Å². The van der Waals surface area contributed by atoms with E-state index in [2.05, 4.69) is 0 Å². The normalized spacial score (nSPS) is 11.0. The van der Waals surface area contributed by atoms with Gasteiger partial charge in [0.25, 0.3) is 0 Å². The molecule has 7 heteroatoms. The van der Waals surface area contributed by atoms with Crippen molar-refractivity contribution in [2.24, 2.45) is 0 Å². The van der Waals surface area contributed by atoms with Crippen molar-refractivity contribution >= 4 is 5.78 Å². The van der Waals surface area contributed by atoms with Crippen molar-refractivity contribution < 1.29 is 4.79 Å². The summed E-state index contributed by atoms with van der Waals surface area (Å²) in [6.07, 6.45) is 0. The molecular weight excluding hydrogens is 761 g/mol. The average Bonchev–Trinajstić information content (AvgIpc) is 3.37. The molecule has 0 unspecified atom stereocenters. The number of rotatable bonds is 10. The van der Waals surface area contributed by atoms with Gasteiger partial charge in [-0.2, -0.15) is 0 Å². The standard InChI is InChI=1S/C55H36N6O/c62-49(47-33-15-13-31-45(47)41-27-17-29-43(35-41)54-58-50(37-19-5-1-6-20-37)56-51(59-54)38-21-7-2-8-22-38)48-34-16-14-32-46(48)42-28-18-30-44(36-42)55-60-52(39-23-9-3-10-24-39)57-53(61-55)40-25-11-4-12-26-40/h1-36H. The Bertz CT molecular complexity index is 2860. The first-order chi connectivity index (χ1) is 30.6. The summed E-state index contributed by atoms with van der Waals surface area (Å²) in [4.78, 5) is 44.4. The van der Waals surface area contributed by atoms with E-state index in [1.807, 2.05) is 218 Å². The maximum absolute atomic E-state index is 14.9. The maximum atomic E-state index is 14.9. The Morgan fingerprint density at radius 3 is 0.806 bits per heavy atom. The van der Waals surface area contributed by atoms with E-state index in [1.54, 1.807) is 0 Å². The summed E-state index contributed by atoms with van der Waals surface area (Å²) in [5, 5.41) is 0. The van der Waals surface area contributed by atoms with Gasteiger partial charge < -0.3 is 0 Å². The predicted octanol–water partition coefficient (Wildman–Crippen LogP) is 12.6. The molecule has 0 saturated heterocycles. The first-order valence-electron chi connectivity index (χ1n) is 20.3. The highest BCUT2D eigenvalue weighted by Gasteiger charge is 2.21. The molecular formula is C55H36N6O. The summed E-state index contributed by atoms with van der Waals surface area (Å²) in [6.45, 7) is 0. The fourth-order valence-electron chi connectivity index (χ4n) is 7.54. The Morgan fingerprint density at radius 1 is 0.242 bits per heavy atom. The van der Waals surface area contributed by atoms with Crippen LogP contribution < -0.4 is 0 Å². The molecule has 0 fully saturated rings. The van der Waals surface area contributed by atoms with E-state index in [0.29, 0.717) is 46.1 Å². The minimum atomic E-state index is -0.0946. The summed E-state index contributed by atoms with van der Waals surface area (Å²) < 4.78 is 0. The Balaban J connectivity index is 1.02. The van der Waals surface area contributed by atoms with Crippen molar-refractivity contribution in [3.05, 3.63) is 230 Å². The molecule has 62 heavy (non-hydrogen) atoms. The van der Waals surface area contributed by atoms with E-state index in [1.165, 1.54) is 0 Å². The molecule has 292 valence electrons. The molecule has 0 N–H and O–H groups in total. The van der Waals surface area contributed by atoms with Crippen LogP contribution in [0.4, 0.5) is 0 Å². The number of nitrogens with zero attached hydrogens (tertiary/aromatic N) is 6. The number of hydrogen-bond donors (Lipinski definition) is 0. The minimum Gasteiger partial charge on any atom is -0.289 e. The SMILES string of the molecule is O=C(c1ccccc1-c1cccc(-c2nc(-c3ccccc3)nc(-c3ccccc3)n2)c1)c1ccccc1-c1cccc(-c2nc(-c3ccccc3)nc(-c3ccccc3)n2)c1. The molecule has 10 aromatic rings. The van der Waals surface area contributed by atoms with Gasteiger partial charge in [-0.3, -0.25) is 4.79 Å². The lowest BCUT2D eigenvalue weighted by molar-refractivity contribution is 0.104. The smallest absolute Gasteiger partial charge is 0.194 e. The maximum Gasteiger partial charge on any atom is 0.194 e. The van der Waals surface area contributed by atoms with Crippen LogP contribution in [-0.2, 0) is 0 Å². The highest BCUT2D eigenvalue weighted by Crippen LogP contribution is 2.34. The number of benzene rings is 8. The van der Waals surface area contributed by atoms with Crippen LogP contribution in [0, 0.1) is 0 Å². The van der Waals surface area contributed by atoms with E-state index in [-0.39, 0.29) is 5.78 Å². The van der Waals surface area contributed by atoms with Crippen LogP contribution in [0.3, 0.4) is 0 Å². The quantitative estimate of drug-likeness (QED) is 0.127. The number of carbonyl (C=O) groups is 1. The van der Waals surface area contributed by atoms with Gasteiger partial charge in [-0.15, -0.1) is 0 Å². The molecule has 0 atom stereocenters. The van der Waals surface area contributed by atoms with Crippen LogP contribution in [0.2, 0.25) is 0 Å². The van der Waals surface area contributed by atoms with Crippen molar-refractivity contribution in [3.8, 4) is 90.6 Å². The van der Waals surface area contributed by atoms with Gasteiger partial charge in [0.05, 0.1) is 0 Å². The van der Waals surface area contributed by atoms with Crippen molar-refractivity contribution in [1.29, 1.82) is 0 Å². The number of hydrogen-bond acceptors (Lipinski definition) is 7. The van der Waals surface area contributed by atoms with Gasteiger partial charge in [-0.05, 0) is 34.4 Å². The van der Waals surface area contributed by atoms with Gasteiger partial charge in [-0.25, -0.2) is 29.9 Å². The molecule has 0 bridgehead atoms. The molecule has 0 spiro atoms. The molecule has 2 aromatic heterocycles. The third-order valence-electron chi connectivity index (χ3n) is 10.6. The second kappa shape index (κ2) is 17.0. The zero-order valence-corrected chi connectivity index (χ0v) is 33.4. The Hall–Kier alpha value is -8.55. The third-order valence-corrected chi connectivity index (χ3v) is 10.6. The van der Waals surface area contributed by atoms with Gasteiger partial charge in [0.1, 0.15) is 0 Å². The van der Waals surface area contributed by atoms with Gasteiger partial charge in [-0.1, -0.05) is 206 Å². The van der Waals surface area contributed by atoms with E-state index in [0.717, 1.165) is 55.6 Å². The van der Waals surface area contributed by atoms with Crippen LogP contribution in [-0.4, -0.2) is 35.7 Å². The number of ketones is 1. The second-order valence-corrected chi connectivity index (χ2v) is 14.7. The topological polar surface area (TPSA) is 94.4 Å². The first-order valence-corrected chi connectivity index (χ1v) is 20.3. The van der Waals surface area contributed by atoms with E-state index < -0.39 is 0 Å². The molecule has 0 amide bonds. The minimum absolute atomic E-state index is 0.0946. The molecule has 0 radical (unpaired) electrons. The number of aromatic nitrogens is 6. The largest absolute Gasteiger partial charge is 0.289 e. The first kappa shape index (κ1) is 37.7. The van der Waals surface area contributed by atoms with Gasteiger partial charge in [0.2, 0.25) is 0 Å². The highest BCUT2D eigenvalue weighted by atomic mass is 16.1. The summed E-state index contributed by atoms with van der Waals surface area (Å²) in [5.74, 6) is 3.32. The lowest BCUT2D eigenvalue weighted by Gasteiger charge is -2.14. The van der Waals surface area contributed by atoms with Crippen molar-refractivity contribution in [2.45, 2.75) is 0 Å². The lowest BCUT2D eigenvalue weighted by atomic mass is 9.89.